The van der Waals surface area contributed by atoms with Crippen molar-refractivity contribution in [2.45, 2.75) is 38.1 Å². The lowest BCUT2D eigenvalue weighted by molar-refractivity contribution is -0.298. The third-order valence-corrected chi connectivity index (χ3v) is 6.02. The number of ether oxygens (including phenoxy) is 2. The van der Waals surface area contributed by atoms with E-state index in [1.807, 2.05) is 12.1 Å². The molecule has 0 amide bonds. The van der Waals surface area contributed by atoms with Crippen LogP contribution in [-0.2, 0) is 9.47 Å². The Balaban J connectivity index is 2.01. The van der Waals surface area contributed by atoms with Crippen LogP contribution in [0.5, 0.6) is 0 Å². The van der Waals surface area contributed by atoms with Crippen molar-refractivity contribution in [2.24, 2.45) is 22.7 Å². The van der Waals surface area contributed by atoms with Gasteiger partial charge in [-0.2, -0.15) is 15.8 Å². The zero-order valence-electron chi connectivity index (χ0n) is 13.7. The highest BCUT2D eigenvalue weighted by Gasteiger charge is 2.80. The molecular weight excluding hydrogens is 320 g/mol. The molecule has 25 heavy (non-hydrogen) atoms. The van der Waals surface area contributed by atoms with Gasteiger partial charge in [0.1, 0.15) is 6.10 Å². The Bertz CT molecular complexity index is 844. The Labute approximate surface area is 144 Å². The molecule has 7 heteroatoms. The number of hydrogen-bond acceptors (Lipinski definition) is 7. The lowest BCUT2D eigenvalue weighted by Crippen LogP contribution is -2.60. The third kappa shape index (κ3) is 1.58. The van der Waals surface area contributed by atoms with Crippen molar-refractivity contribution in [3.63, 3.8) is 0 Å². The lowest BCUT2D eigenvalue weighted by atomic mass is 9.51. The van der Waals surface area contributed by atoms with Crippen LogP contribution in [0, 0.1) is 62.1 Å². The van der Waals surface area contributed by atoms with Gasteiger partial charge in [-0.1, -0.05) is 6.92 Å². The maximum atomic E-state index is 10.1. The maximum Gasteiger partial charge on any atom is 0.217 e. The molecule has 1 aromatic rings. The summed E-state index contributed by atoms with van der Waals surface area (Å²) in [6.07, 6.45) is 3.73. The van der Waals surface area contributed by atoms with E-state index < -0.39 is 28.6 Å². The molecule has 5 atom stereocenters. The van der Waals surface area contributed by atoms with Gasteiger partial charge in [0, 0.05) is 12.0 Å². The van der Waals surface area contributed by atoms with Crippen molar-refractivity contribution in [1.29, 1.82) is 21.2 Å². The highest BCUT2D eigenvalue weighted by Crippen LogP contribution is 2.69. The van der Waals surface area contributed by atoms with Gasteiger partial charge >= 0.3 is 0 Å². The molecule has 2 saturated heterocycles. The summed E-state index contributed by atoms with van der Waals surface area (Å²) in [6.45, 7) is 2.06. The molecule has 1 N–H and O–H groups in total. The van der Waals surface area contributed by atoms with Gasteiger partial charge in [-0.15, -0.1) is 0 Å². The first-order valence-electron chi connectivity index (χ1n) is 8.21. The molecule has 1 aliphatic carbocycles. The molecule has 4 rings (SSSR count). The van der Waals surface area contributed by atoms with Gasteiger partial charge in [0.05, 0.1) is 36.7 Å². The predicted molar refractivity (Wildman–Crippen MR) is 82.3 cm³/mol. The van der Waals surface area contributed by atoms with Crippen molar-refractivity contribution in [3.05, 3.63) is 24.2 Å². The number of hydrogen-bond donors (Lipinski definition) is 1. The Morgan fingerprint density at radius 3 is 2.60 bits per heavy atom. The van der Waals surface area contributed by atoms with Gasteiger partial charge < -0.3 is 13.9 Å². The Kier molecular flexibility index (Phi) is 3.04. The van der Waals surface area contributed by atoms with Crippen LogP contribution < -0.4 is 0 Å². The van der Waals surface area contributed by atoms with E-state index in [2.05, 4.69) is 13.0 Å². The number of furan rings is 1. The molecule has 0 radical (unpaired) electrons. The average Bonchev–Trinajstić information content (AvgIpc) is 3.20. The van der Waals surface area contributed by atoms with Crippen LogP contribution in [0.15, 0.2) is 23.0 Å². The van der Waals surface area contributed by atoms with Crippen molar-refractivity contribution >= 4 is 5.90 Å². The zero-order chi connectivity index (χ0) is 17.9. The Hall–Kier alpha value is -2.82. The topological polar surface area (TPSA) is 127 Å². The number of nitriles is 3. The largest absolute Gasteiger partial charge is 0.472 e. The van der Waals surface area contributed by atoms with Gasteiger partial charge in [-0.25, -0.2) is 0 Å². The fourth-order valence-electron chi connectivity index (χ4n) is 4.75. The van der Waals surface area contributed by atoms with Crippen molar-refractivity contribution < 1.29 is 13.9 Å². The summed E-state index contributed by atoms with van der Waals surface area (Å²) in [5.74, 6) is -1.70. The zero-order valence-corrected chi connectivity index (χ0v) is 13.7. The van der Waals surface area contributed by atoms with Crippen LogP contribution >= 0.6 is 0 Å². The summed E-state index contributed by atoms with van der Waals surface area (Å²) in [5, 5.41) is 38.6. The molecule has 3 fully saturated rings. The summed E-state index contributed by atoms with van der Waals surface area (Å²) >= 11 is 0. The smallest absolute Gasteiger partial charge is 0.217 e. The minimum Gasteiger partial charge on any atom is -0.472 e. The molecule has 0 aromatic carbocycles. The summed E-state index contributed by atoms with van der Waals surface area (Å²) in [5.41, 5.74) is -3.05. The average molecular weight is 336 g/mol. The first-order chi connectivity index (χ1) is 12.0. The van der Waals surface area contributed by atoms with Gasteiger partial charge in [0.25, 0.3) is 0 Å². The number of rotatable bonds is 1. The molecule has 5 unspecified atom stereocenters. The monoisotopic (exact) mass is 336 g/mol. The van der Waals surface area contributed by atoms with Gasteiger partial charge in [-0.05, 0) is 24.8 Å². The molecular formula is C18H16N4O3. The summed E-state index contributed by atoms with van der Waals surface area (Å²) in [7, 11) is 0. The molecule has 2 aliphatic heterocycles. The molecule has 1 aromatic heterocycles. The molecule has 0 spiro atoms. The quantitative estimate of drug-likeness (QED) is 0.839. The predicted octanol–water partition coefficient (Wildman–Crippen LogP) is 3.03. The Morgan fingerprint density at radius 1 is 1.24 bits per heavy atom. The second-order valence-corrected chi connectivity index (χ2v) is 7.18. The van der Waals surface area contributed by atoms with Crippen LogP contribution in [0.25, 0.3) is 0 Å². The highest BCUT2D eigenvalue weighted by molar-refractivity contribution is 5.89. The lowest BCUT2D eigenvalue weighted by Gasteiger charge is -2.52. The van der Waals surface area contributed by atoms with Crippen molar-refractivity contribution in [2.75, 3.05) is 0 Å². The molecule has 3 heterocycles. The van der Waals surface area contributed by atoms with E-state index in [9.17, 15) is 15.8 Å². The van der Waals surface area contributed by atoms with E-state index in [4.69, 9.17) is 19.3 Å². The molecule has 7 nitrogen and oxygen atoms in total. The van der Waals surface area contributed by atoms with Crippen LogP contribution in [0.2, 0.25) is 0 Å². The summed E-state index contributed by atoms with van der Waals surface area (Å²) < 4.78 is 17.2. The molecule has 1 saturated carbocycles. The van der Waals surface area contributed by atoms with Crippen LogP contribution in [-0.4, -0.2) is 11.7 Å². The fraction of sp³-hybridized carbons (Fsp3) is 0.556. The maximum absolute atomic E-state index is 10.1. The van der Waals surface area contributed by atoms with Crippen LogP contribution in [0.4, 0.5) is 0 Å². The second kappa shape index (κ2) is 4.85. The van der Waals surface area contributed by atoms with Crippen LogP contribution in [0.3, 0.4) is 0 Å². The molecule has 126 valence electrons. The Morgan fingerprint density at radius 2 is 2.00 bits per heavy atom. The van der Waals surface area contributed by atoms with Gasteiger partial charge in [0.15, 0.2) is 5.41 Å². The highest BCUT2D eigenvalue weighted by atomic mass is 16.7. The van der Waals surface area contributed by atoms with E-state index in [1.54, 1.807) is 6.07 Å². The van der Waals surface area contributed by atoms with E-state index in [-0.39, 0.29) is 5.90 Å². The van der Waals surface area contributed by atoms with Crippen molar-refractivity contribution in [3.8, 4) is 18.2 Å². The normalized spacial score (nSPS) is 40.9. The minimum atomic E-state index is -1.88. The third-order valence-electron chi connectivity index (χ3n) is 6.02. The SMILES string of the molecule is CC1CCC23OC(=N)C(C#N)(C2C1)C(C#N)(C#N)C(c1ccoc1)O3. The van der Waals surface area contributed by atoms with Crippen molar-refractivity contribution in [1.82, 2.24) is 0 Å². The molecule has 2 bridgehead atoms. The van der Waals surface area contributed by atoms with Gasteiger partial charge in [-0.3, -0.25) is 5.41 Å². The minimum absolute atomic E-state index is 0.296. The summed E-state index contributed by atoms with van der Waals surface area (Å²) in [4.78, 5) is 0. The van der Waals surface area contributed by atoms with E-state index in [0.717, 1.165) is 6.42 Å². The number of nitrogens with zero attached hydrogens (tertiary/aromatic N) is 3. The van der Waals surface area contributed by atoms with E-state index >= 15 is 0 Å². The van der Waals surface area contributed by atoms with E-state index in [1.165, 1.54) is 12.5 Å². The molecule has 3 aliphatic rings. The standard InChI is InChI=1S/C18H16N4O3/c1-11-2-4-18-13(6-11)17(10-21,15(22)25-18)16(8-19,9-20)14(24-18)12-3-5-23-7-12/h3,5,7,11,13-14,22H,2,4,6H2,1H3. The van der Waals surface area contributed by atoms with E-state index in [0.29, 0.717) is 24.3 Å². The summed E-state index contributed by atoms with van der Waals surface area (Å²) in [6, 6.07) is 7.83. The van der Waals surface area contributed by atoms with Crippen LogP contribution in [0.1, 0.15) is 37.9 Å². The second-order valence-electron chi connectivity index (χ2n) is 7.18. The fourth-order valence-corrected chi connectivity index (χ4v) is 4.75. The first-order valence-corrected chi connectivity index (χ1v) is 8.21. The number of nitrogens with one attached hydrogen (secondary N) is 1. The van der Waals surface area contributed by atoms with Gasteiger partial charge in [0.2, 0.25) is 17.1 Å². The first kappa shape index (κ1) is 15.7.